The average molecular weight is 462 g/mol. The number of fused-ring (bicyclic) bond motifs is 1. The number of nitrogens with zero attached hydrogens (tertiary/aromatic N) is 5. The molecule has 5 rings (SSSR count). The van der Waals surface area contributed by atoms with Gasteiger partial charge in [-0.25, -0.2) is 14.5 Å². The van der Waals surface area contributed by atoms with Gasteiger partial charge in [-0.05, 0) is 42.0 Å². The topological polar surface area (TPSA) is 97.2 Å². The van der Waals surface area contributed by atoms with E-state index in [1.165, 1.54) is 4.90 Å². The first-order valence-electron chi connectivity index (χ1n) is 10.3. The van der Waals surface area contributed by atoms with E-state index in [0.717, 1.165) is 28.3 Å². The van der Waals surface area contributed by atoms with E-state index in [2.05, 4.69) is 25.7 Å². The molecule has 2 aromatic carbocycles. The third kappa shape index (κ3) is 4.31. The van der Waals surface area contributed by atoms with E-state index in [1.807, 2.05) is 54.7 Å². The Morgan fingerprint density at radius 3 is 2.82 bits per heavy atom. The predicted molar refractivity (Wildman–Crippen MR) is 127 cm³/mol. The minimum absolute atomic E-state index is 0.334. The van der Waals surface area contributed by atoms with E-state index in [0.29, 0.717) is 29.8 Å². The van der Waals surface area contributed by atoms with Gasteiger partial charge in [0.15, 0.2) is 5.82 Å². The highest BCUT2D eigenvalue weighted by atomic mass is 35.5. The van der Waals surface area contributed by atoms with Crippen LogP contribution >= 0.6 is 11.6 Å². The molecule has 9 nitrogen and oxygen atoms in total. The fourth-order valence-electron chi connectivity index (χ4n) is 3.60. The van der Waals surface area contributed by atoms with Crippen LogP contribution in [0.15, 0.2) is 67.1 Å². The summed E-state index contributed by atoms with van der Waals surface area (Å²) in [5.74, 6) is 0.843. The van der Waals surface area contributed by atoms with Crippen molar-refractivity contribution in [3.63, 3.8) is 0 Å². The summed E-state index contributed by atoms with van der Waals surface area (Å²) < 4.78 is 6.95. The van der Waals surface area contributed by atoms with Crippen molar-refractivity contribution in [2.24, 2.45) is 0 Å². The lowest BCUT2D eigenvalue weighted by Crippen LogP contribution is -2.25. The molecule has 4 aromatic rings. The van der Waals surface area contributed by atoms with Crippen molar-refractivity contribution in [3.05, 3.63) is 77.7 Å². The maximum absolute atomic E-state index is 11.9. The van der Waals surface area contributed by atoms with E-state index in [4.69, 9.17) is 16.3 Å². The molecule has 166 valence electrons. The molecule has 2 aromatic heterocycles. The molecular formula is C23H20ClN7O2. The summed E-state index contributed by atoms with van der Waals surface area (Å²) in [4.78, 5) is 22.3. The molecule has 0 bridgehead atoms. The lowest BCUT2D eigenvalue weighted by atomic mass is 10.1. The number of anilines is 5. The molecular weight excluding hydrogens is 442 g/mol. The van der Waals surface area contributed by atoms with Gasteiger partial charge < -0.3 is 15.4 Å². The summed E-state index contributed by atoms with van der Waals surface area (Å²) in [6.45, 7) is 0.334. The average Bonchev–Trinajstić information content (AvgIpc) is 3.32. The Kier molecular flexibility index (Phi) is 5.54. The van der Waals surface area contributed by atoms with Crippen molar-refractivity contribution in [1.29, 1.82) is 0 Å². The Bertz CT molecular complexity index is 1310. The van der Waals surface area contributed by atoms with Gasteiger partial charge in [0, 0.05) is 31.5 Å². The van der Waals surface area contributed by atoms with Crippen molar-refractivity contribution in [1.82, 2.24) is 19.7 Å². The largest absolute Gasteiger partial charge is 0.449 e. The molecule has 0 unspecified atom stereocenters. The van der Waals surface area contributed by atoms with E-state index in [1.54, 1.807) is 24.1 Å². The van der Waals surface area contributed by atoms with E-state index in [9.17, 15) is 4.79 Å². The first-order valence-corrected chi connectivity index (χ1v) is 10.7. The number of para-hydroxylation sites is 2. The molecule has 2 N–H and O–H groups in total. The summed E-state index contributed by atoms with van der Waals surface area (Å²) in [5, 5.41) is 11.2. The molecule has 0 saturated carbocycles. The third-order valence-corrected chi connectivity index (χ3v) is 5.50. The first kappa shape index (κ1) is 20.8. The second-order valence-electron chi connectivity index (χ2n) is 7.37. The molecule has 0 spiro atoms. The zero-order chi connectivity index (χ0) is 22.8. The lowest BCUT2D eigenvalue weighted by Gasteiger charge is -2.17. The SMILES string of the molecule is CN1C(=O)OCCc2cc(Nc3ncc(Cl)c(Nc4ccccc4-n4cccn4)n3)ccc21. The summed E-state index contributed by atoms with van der Waals surface area (Å²) >= 11 is 6.38. The molecule has 3 heterocycles. The van der Waals surface area contributed by atoms with Crippen molar-refractivity contribution in [3.8, 4) is 5.69 Å². The van der Waals surface area contributed by atoms with Crippen LogP contribution in [0.4, 0.5) is 33.6 Å². The number of cyclic esters (lactones) is 1. The molecule has 33 heavy (non-hydrogen) atoms. The highest BCUT2D eigenvalue weighted by molar-refractivity contribution is 6.33. The molecule has 0 radical (unpaired) electrons. The number of aromatic nitrogens is 4. The highest BCUT2D eigenvalue weighted by Gasteiger charge is 2.20. The number of hydrogen-bond donors (Lipinski definition) is 2. The number of carbonyl (C=O) groups is 1. The van der Waals surface area contributed by atoms with Gasteiger partial charge in [0.25, 0.3) is 0 Å². The normalized spacial score (nSPS) is 13.2. The number of halogens is 1. The minimum atomic E-state index is -0.360. The van der Waals surface area contributed by atoms with Gasteiger partial charge in [-0.2, -0.15) is 10.1 Å². The second-order valence-corrected chi connectivity index (χ2v) is 7.78. The zero-order valence-electron chi connectivity index (χ0n) is 17.7. The van der Waals surface area contributed by atoms with Crippen LogP contribution in [-0.2, 0) is 11.2 Å². The molecule has 0 aliphatic carbocycles. The number of ether oxygens (including phenoxy) is 1. The smallest absolute Gasteiger partial charge is 0.414 e. The van der Waals surface area contributed by atoms with E-state index in [-0.39, 0.29) is 6.09 Å². The minimum Gasteiger partial charge on any atom is -0.449 e. The highest BCUT2D eigenvalue weighted by Crippen LogP contribution is 2.30. The number of carbonyl (C=O) groups excluding carboxylic acids is 1. The maximum Gasteiger partial charge on any atom is 0.414 e. The van der Waals surface area contributed by atoms with Crippen LogP contribution in [0.2, 0.25) is 5.02 Å². The van der Waals surface area contributed by atoms with Gasteiger partial charge in [0.1, 0.15) is 5.02 Å². The quantitative estimate of drug-likeness (QED) is 0.434. The Morgan fingerprint density at radius 2 is 1.97 bits per heavy atom. The fourth-order valence-corrected chi connectivity index (χ4v) is 3.73. The molecule has 0 saturated heterocycles. The summed E-state index contributed by atoms with van der Waals surface area (Å²) in [5.41, 5.74) is 4.26. The Balaban J connectivity index is 1.41. The maximum atomic E-state index is 11.9. The van der Waals surface area contributed by atoms with Crippen LogP contribution < -0.4 is 15.5 Å². The summed E-state index contributed by atoms with van der Waals surface area (Å²) in [6.07, 6.45) is 5.39. The van der Waals surface area contributed by atoms with Crippen molar-refractivity contribution in [2.75, 3.05) is 29.2 Å². The number of rotatable bonds is 5. The molecule has 1 aliphatic heterocycles. The predicted octanol–water partition coefficient (Wildman–Crippen LogP) is 4.93. The number of hydrogen-bond acceptors (Lipinski definition) is 7. The van der Waals surface area contributed by atoms with Gasteiger partial charge in [0.05, 0.1) is 29.9 Å². The van der Waals surface area contributed by atoms with E-state index >= 15 is 0 Å². The Labute approximate surface area is 195 Å². The third-order valence-electron chi connectivity index (χ3n) is 5.22. The van der Waals surface area contributed by atoms with Gasteiger partial charge in [0.2, 0.25) is 5.95 Å². The summed E-state index contributed by atoms with van der Waals surface area (Å²) in [7, 11) is 1.70. The van der Waals surface area contributed by atoms with Crippen LogP contribution in [0.5, 0.6) is 0 Å². The van der Waals surface area contributed by atoms with Crippen molar-refractivity contribution < 1.29 is 9.53 Å². The van der Waals surface area contributed by atoms with Crippen LogP contribution in [-0.4, -0.2) is 39.5 Å². The first-order chi connectivity index (χ1) is 16.1. The van der Waals surface area contributed by atoms with Gasteiger partial charge in [-0.1, -0.05) is 23.7 Å². The Hall–Kier alpha value is -4.11. The van der Waals surface area contributed by atoms with Crippen LogP contribution in [0.3, 0.4) is 0 Å². The second kappa shape index (κ2) is 8.79. The number of nitrogens with one attached hydrogen (secondary N) is 2. The van der Waals surface area contributed by atoms with Gasteiger partial charge in [-0.15, -0.1) is 0 Å². The molecule has 1 amide bonds. The van der Waals surface area contributed by atoms with Crippen molar-refractivity contribution in [2.45, 2.75) is 6.42 Å². The molecule has 10 heteroatoms. The van der Waals surface area contributed by atoms with Gasteiger partial charge in [-0.3, -0.25) is 4.90 Å². The molecule has 0 fully saturated rings. The van der Waals surface area contributed by atoms with Crippen LogP contribution in [0.25, 0.3) is 5.69 Å². The Morgan fingerprint density at radius 1 is 1.09 bits per heavy atom. The fraction of sp³-hybridized carbons (Fsp3) is 0.130. The van der Waals surface area contributed by atoms with Crippen LogP contribution in [0.1, 0.15) is 5.56 Å². The van der Waals surface area contributed by atoms with Crippen LogP contribution in [0, 0.1) is 0 Å². The summed E-state index contributed by atoms with van der Waals surface area (Å²) in [6, 6.07) is 15.3. The van der Waals surface area contributed by atoms with E-state index < -0.39 is 0 Å². The lowest BCUT2D eigenvalue weighted by molar-refractivity contribution is 0.159. The molecule has 0 atom stereocenters. The zero-order valence-corrected chi connectivity index (χ0v) is 18.5. The van der Waals surface area contributed by atoms with Crippen molar-refractivity contribution >= 4 is 46.5 Å². The monoisotopic (exact) mass is 461 g/mol. The molecule has 1 aliphatic rings. The number of benzene rings is 2. The standard InChI is InChI=1S/C23H20ClN7O2/c1-30-19-8-7-16(13-15(19)9-12-33-23(30)32)27-22-25-14-17(24)21(29-22)28-18-5-2-3-6-20(18)31-11-4-10-26-31/h2-8,10-11,13-14H,9,12H2,1H3,(H2,25,27,28,29). The number of amides is 1. The van der Waals surface area contributed by atoms with Gasteiger partial charge >= 0.3 is 6.09 Å².